The Bertz CT molecular complexity index is 327. The fraction of sp³-hybridized carbons (Fsp3) is 0.857. The molecular weight excluding hydrogens is 272 g/mol. The summed E-state index contributed by atoms with van der Waals surface area (Å²) < 4.78 is 0. The lowest BCUT2D eigenvalue weighted by atomic mass is 10.2. The van der Waals surface area contributed by atoms with Gasteiger partial charge in [-0.3, -0.25) is 14.6 Å². The van der Waals surface area contributed by atoms with E-state index >= 15 is 0 Å². The van der Waals surface area contributed by atoms with Crippen LogP contribution in [0.2, 0.25) is 0 Å². The zero-order valence-electron chi connectivity index (χ0n) is 13.1. The zero-order chi connectivity index (χ0) is 15.7. The Hall–Kier alpha value is -1.02. The van der Waals surface area contributed by atoms with Gasteiger partial charge in [-0.2, -0.15) is 0 Å². The Balaban J connectivity index is 2.63. The first-order valence-electron chi connectivity index (χ1n) is 7.53. The minimum atomic E-state index is -0.804. The van der Waals surface area contributed by atoms with Crippen molar-refractivity contribution in [3.63, 3.8) is 0 Å². The van der Waals surface area contributed by atoms with Crippen molar-refractivity contribution in [1.29, 1.82) is 0 Å². The normalized spacial score (nSPS) is 25.0. The molecular formula is C14H28N4O3. The molecule has 0 aromatic rings. The van der Waals surface area contributed by atoms with Gasteiger partial charge in [0.05, 0.1) is 13.1 Å². The summed E-state index contributed by atoms with van der Waals surface area (Å²) in [5.41, 5.74) is 0. The molecule has 0 aliphatic carbocycles. The van der Waals surface area contributed by atoms with Crippen molar-refractivity contribution in [3.05, 3.63) is 0 Å². The maximum Gasteiger partial charge on any atom is 0.317 e. The summed E-state index contributed by atoms with van der Waals surface area (Å²) in [6, 6.07) is 0.311. The zero-order valence-corrected chi connectivity index (χ0v) is 13.1. The van der Waals surface area contributed by atoms with Crippen LogP contribution in [0.5, 0.6) is 0 Å². The van der Waals surface area contributed by atoms with Crippen LogP contribution < -0.4 is 5.32 Å². The molecule has 1 aliphatic rings. The fourth-order valence-corrected chi connectivity index (χ4v) is 2.48. The molecule has 1 fully saturated rings. The van der Waals surface area contributed by atoms with E-state index in [1.807, 2.05) is 4.90 Å². The number of likely N-dealkylation sites (N-methyl/N-ethyl adjacent to an activating group) is 1. The molecule has 0 radical (unpaired) electrons. The van der Waals surface area contributed by atoms with E-state index in [9.17, 15) is 9.59 Å². The number of carbonyl (C=O) groups is 2. The SMILES string of the molecule is CC1CN(CC=O)CCN(CC(=O)O)CCN(C)CCN1. The van der Waals surface area contributed by atoms with Gasteiger partial charge in [0.15, 0.2) is 0 Å². The summed E-state index contributed by atoms with van der Waals surface area (Å²) in [5.74, 6) is -0.804. The first kappa shape index (κ1) is 18.0. The van der Waals surface area contributed by atoms with Gasteiger partial charge in [0.25, 0.3) is 0 Å². The maximum absolute atomic E-state index is 10.9. The number of hydrogen-bond donors (Lipinski definition) is 2. The minimum absolute atomic E-state index is 0.0522. The highest BCUT2D eigenvalue weighted by atomic mass is 16.4. The average Bonchev–Trinajstić information content (AvgIpc) is 2.40. The van der Waals surface area contributed by atoms with E-state index in [2.05, 4.69) is 29.1 Å². The van der Waals surface area contributed by atoms with Crippen LogP contribution in [0.1, 0.15) is 6.92 Å². The molecule has 1 aliphatic heterocycles. The molecule has 0 bridgehead atoms. The second kappa shape index (κ2) is 9.83. The molecule has 1 heterocycles. The number of carbonyl (C=O) groups excluding carboxylic acids is 1. The molecule has 0 saturated carbocycles. The third kappa shape index (κ3) is 8.11. The lowest BCUT2D eigenvalue weighted by Gasteiger charge is -2.30. The Labute approximate surface area is 126 Å². The third-order valence-corrected chi connectivity index (χ3v) is 3.74. The molecule has 0 aromatic carbocycles. The van der Waals surface area contributed by atoms with Gasteiger partial charge in [-0.05, 0) is 14.0 Å². The summed E-state index contributed by atoms with van der Waals surface area (Å²) >= 11 is 0. The number of aliphatic carboxylic acids is 1. The first-order valence-corrected chi connectivity index (χ1v) is 7.53. The second-order valence-electron chi connectivity index (χ2n) is 5.75. The van der Waals surface area contributed by atoms with E-state index in [1.54, 1.807) is 0 Å². The quantitative estimate of drug-likeness (QED) is 0.631. The van der Waals surface area contributed by atoms with Crippen LogP contribution in [0.4, 0.5) is 0 Å². The molecule has 7 nitrogen and oxygen atoms in total. The highest BCUT2D eigenvalue weighted by Gasteiger charge is 2.16. The van der Waals surface area contributed by atoms with Crippen molar-refractivity contribution in [2.75, 3.05) is 66.0 Å². The maximum atomic E-state index is 10.9. The Morgan fingerprint density at radius 2 is 1.90 bits per heavy atom. The number of nitrogens with zero attached hydrogens (tertiary/aromatic N) is 3. The Kier molecular flexibility index (Phi) is 8.44. The predicted octanol–water partition coefficient (Wildman–Crippen LogP) is -1.20. The van der Waals surface area contributed by atoms with Crippen molar-refractivity contribution >= 4 is 12.3 Å². The molecule has 0 spiro atoms. The van der Waals surface area contributed by atoms with Gasteiger partial charge in [0.1, 0.15) is 6.29 Å². The molecule has 1 unspecified atom stereocenters. The monoisotopic (exact) mass is 300 g/mol. The largest absolute Gasteiger partial charge is 0.480 e. The smallest absolute Gasteiger partial charge is 0.317 e. The number of nitrogens with one attached hydrogen (secondary N) is 1. The van der Waals surface area contributed by atoms with Crippen LogP contribution in [0, 0.1) is 0 Å². The van der Waals surface area contributed by atoms with Crippen molar-refractivity contribution in [1.82, 2.24) is 20.0 Å². The molecule has 0 aromatic heterocycles. The van der Waals surface area contributed by atoms with Crippen molar-refractivity contribution in [2.45, 2.75) is 13.0 Å². The van der Waals surface area contributed by atoms with Gasteiger partial charge in [0.2, 0.25) is 0 Å². The Morgan fingerprint density at radius 1 is 1.24 bits per heavy atom. The van der Waals surface area contributed by atoms with Gasteiger partial charge >= 0.3 is 5.97 Å². The molecule has 7 heteroatoms. The van der Waals surface area contributed by atoms with E-state index in [-0.39, 0.29) is 6.54 Å². The molecule has 1 atom stereocenters. The molecule has 0 amide bonds. The number of carboxylic acids is 1. The van der Waals surface area contributed by atoms with E-state index in [4.69, 9.17) is 5.11 Å². The topological polar surface area (TPSA) is 76.1 Å². The van der Waals surface area contributed by atoms with Crippen molar-refractivity contribution in [3.8, 4) is 0 Å². The van der Waals surface area contributed by atoms with E-state index < -0.39 is 5.97 Å². The third-order valence-electron chi connectivity index (χ3n) is 3.74. The lowest BCUT2D eigenvalue weighted by molar-refractivity contribution is -0.138. The summed E-state index contributed by atoms with van der Waals surface area (Å²) in [6.07, 6.45) is 0.911. The van der Waals surface area contributed by atoms with E-state index in [1.165, 1.54) is 0 Å². The van der Waals surface area contributed by atoms with Crippen LogP contribution in [0.25, 0.3) is 0 Å². The number of rotatable bonds is 4. The highest BCUT2D eigenvalue weighted by molar-refractivity contribution is 5.69. The van der Waals surface area contributed by atoms with E-state index in [0.717, 1.165) is 39.0 Å². The summed E-state index contributed by atoms with van der Waals surface area (Å²) in [4.78, 5) is 28.0. The summed E-state index contributed by atoms with van der Waals surface area (Å²) in [7, 11) is 2.05. The minimum Gasteiger partial charge on any atom is -0.480 e. The summed E-state index contributed by atoms with van der Waals surface area (Å²) in [6.45, 7) is 8.13. The van der Waals surface area contributed by atoms with Gasteiger partial charge < -0.3 is 20.1 Å². The van der Waals surface area contributed by atoms with Gasteiger partial charge in [-0.15, -0.1) is 0 Å². The van der Waals surface area contributed by atoms with Crippen molar-refractivity contribution < 1.29 is 14.7 Å². The second-order valence-corrected chi connectivity index (χ2v) is 5.75. The summed E-state index contributed by atoms with van der Waals surface area (Å²) in [5, 5.41) is 12.5. The number of carboxylic acid groups (broad SMARTS) is 1. The molecule has 21 heavy (non-hydrogen) atoms. The molecule has 2 N–H and O–H groups in total. The van der Waals surface area contributed by atoms with Gasteiger partial charge in [0, 0.05) is 51.9 Å². The van der Waals surface area contributed by atoms with Crippen LogP contribution in [-0.2, 0) is 9.59 Å². The fourth-order valence-electron chi connectivity index (χ4n) is 2.48. The lowest BCUT2D eigenvalue weighted by Crippen LogP contribution is -2.48. The number of hydrogen-bond acceptors (Lipinski definition) is 6. The van der Waals surface area contributed by atoms with Crippen molar-refractivity contribution in [2.24, 2.45) is 0 Å². The molecule has 1 rings (SSSR count). The highest BCUT2D eigenvalue weighted by Crippen LogP contribution is 1.98. The average molecular weight is 300 g/mol. The Morgan fingerprint density at radius 3 is 2.57 bits per heavy atom. The standard InChI is InChI=1S/C14H28N4O3/c1-13-11-18(9-10-19)8-7-17(12-14(20)21)6-5-16(2)4-3-15-13/h10,13,15H,3-9,11-12H2,1-2H3,(H,20,21). The van der Waals surface area contributed by atoms with E-state index in [0.29, 0.717) is 25.7 Å². The van der Waals surface area contributed by atoms with Gasteiger partial charge in [-0.25, -0.2) is 0 Å². The van der Waals surface area contributed by atoms with Crippen LogP contribution in [0.3, 0.4) is 0 Å². The first-order chi connectivity index (χ1) is 10.0. The predicted molar refractivity (Wildman–Crippen MR) is 81.5 cm³/mol. The van der Waals surface area contributed by atoms with Crippen LogP contribution >= 0.6 is 0 Å². The van der Waals surface area contributed by atoms with Crippen LogP contribution in [-0.4, -0.2) is 104 Å². The molecule has 1 saturated heterocycles. The molecule has 122 valence electrons. The van der Waals surface area contributed by atoms with Gasteiger partial charge in [-0.1, -0.05) is 0 Å². The van der Waals surface area contributed by atoms with Crippen LogP contribution in [0.15, 0.2) is 0 Å². The number of aldehydes is 1.